The van der Waals surface area contributed by atoms with Gasteiger partial charge >= 0.3 is 214 Å². The Morgan fingerprint density at radius 1 is 1.27 bits per heavy atom. The predicted octanol–water partition coefficient (Wildman–Crippen LogP) is 1.77. The summed E-state index contributed by atoms with van der Waals surface area (Å²) in [6.45, 7) is 0.171. The van der Waals surface area contributed by atoms with Gasteiger partial charge in [0.05, 0.1) is 0 Å². The molecule has 1 radical (unpaired) electrons. The summed E-state index contributed by atoms with van der Waals surface area (Å²) in [7, 11) is 9.22. The number of ketones is 1. The van der Waals surface area contributed by atoms with Crippen LogP contribution >= 0.6 is 11.6 Å². The molecule has 3 aliphatic rings. The first-order valence-corrected chi connectivity index (χ1v) is 12.9. The molecule has 1 saturated carbocycles. The topological polar surface area (TPSA) is 148 Å². The second-order valence-corrected chi connectivity index (χ2v) is 11.1. The van der Waals surface area contributed by atoms with Crippen LogP contribution in [-0.2, 0) is 22.6 Å². The van der Waals surface area contributed by atoms with Crippen LogP contribution in [0.15, 0.2) is 23.0 Å². The van der Waals surface area contributed by atoms with Crippen LogP contribution < -0.4 is 5.73 Å². The fourth-order valence-corrected chi connectivity index (χ4v) is 6.62. The van der Waals surface area contributed by atoms with Crippen molar-refractivity contribution in [2.45, 2.75) is 44.1 Å². The third-order valence-electron chi connectivity index (χ3n) is 8.08. The number of fused-ring (bicyclic) bond motifs is 3. The molecule has 1 amide bonds. The predicted molar refractivity (Wildman–Crippen MR) is 142 cm³/mol. The van der Waals surface area contributed by atoms with E-state index in [4.69, 9.17) is 24.8 Å². The molecule has 4 atom stereocenters. The Morgan fingerprint density at radius 3 is 2.42 bits per heavy atom. The van der Waals surface area contributed by atoms with E-state index >= 15 is 0 Å². The van der Waals surface area contributed by atoms with E-state index in [1.165, 1.54) is 4.90 Å². The zero-order valence-electron chi connectivity index (χ0n) is 22.0. The number of phenolic OH excluding ortho intramolecular Hbond substituents is 1. The molecule has 3 aliphatic carbocycles. The Bertz CT molecular complexity index is 1380. The van der Waals surface area contributed by atoms with Gasteiger partial charge in [-0.25, -0.2) is 0 Å². The van der Waals surface area contributed by atoms with Gasteiger partial charge in [-0.05, 0) is 0 Å². The van der Waals surface area contributed by atoms with Crippen molar-refractivity contribution in [2.75, 3.05) is 27.2 Å². The molecule has 6 N–H and O–H groups in total. The number of halogens is 4. The summed E-state index contributed by atoms with van der Waals surface area (Å²) in [5.41, 5.74) is 1.68. The van der Waals surface area contributed by atoms with Crippen LogP contribution in [0.2, 0.25) is 5.02 Å². The third-order valence-corrected chi connectivity index (χ3v) is 8.55. The number of likely N-dealkylation sites (N-methyl/N-ethyl adjacent to an activating group) is 1. The second-order valence-electron chi connectivity index (χ2n) is 10.7. The van der Waals surface area contributed by atoms with E-state index in [1.807, 2.05) is 0 Å². The van der Waals surface area contributed by atoms with Crippen molar-refractivity contribution in [3.05, 3.63) is 44.7 Å². The summed E-state index contributed by atoms with van der Waals surface area (Å²) in [6, 6.07) is 0.0848. The Hall–Kier alpha value is -2.87. The average Bonchev–Trinajstić information content (AvgIpc) is 2.82. The number of carbonyl (C=O) groups excluding carboxylic acids is 2. The minimum atomic E-state index is -4.45. The number of amides is 1. The van der Waals surface area contributed by atoms with Crippen LogP contribution in [0.1, 0.15) is 30.0 Å². The number of carbonyl (C=O) groups is 2. The van der Waals surface area contributed by atoms with Crippen molar-refractivity contribution in [1.29, 1.82) is 0 Å². The number of nitrogens with zero attached hydrogens (tertiary/aromatic N) is 2. The molecule has 1 aromatic rings. The van der Waals surface area contributed by atoms with Gasteiger partial charge in [0.15, 0.2) is 0 Å². The van der Waals surface area contributed by atoms with Crippen molar-refractivity contribution in [1.82, 2.24) is 9.80 Å². The number of hydrogen-bond donors (Lipinski definition) is 5. The number of aliphatic hydroxyl groups is 3. The molecule has 0 spiro atoms. The van der Waals surface area contributed by atoms with E-state index in [1.54, 1.807) is 21.0 Å². The minimum absolute atomic E-state index is 0.00805. The van der Waals surface area contributed by atoms with Gasteiger partial charge < -0.3 is 0 Å². The van der Waals surface area contributed by atoms with Gasteiger partial charge in [-0.1, -0.05) is 6.92 Å². The van der Waals surface area contributed by atoms with E-state index in [9.17, 15) is 43.2 Å². The molecule has 14 heteroatoms. The summed E-state index contributed by atoms with van der Waals surface area (Å²) in [5.74, 6) is -5.69. The number of aliphatic hydroxyl groups excluding tert-OH is 2. The van der Waals surface area contributed by atoms with E-state index in [0.717, 1.165) is 11.0 Å². The number of rotatable bonds is 6. The van der Waals surface area contributed by atoms with Gasteiger partial charge in [0.1, 0.15) is 0 Å². The number of aromatic hydroxyl groups is 1. The number of alkyl halides is 3. The van der Waals surface area contributed by atoms with E-state index in [0.29, 0.717) is 0 Å². The molecule has 0 bridgehead atoms. The Kier molecular flexibility index (Phi) is 7.67. The number of nitrogens with two attached hydrogens (primary N) is 1. The van der Waals surface area contributed by atoms with Gasteiger partial charge in [0.25, 0.3) is 0 Å². The normalized spacial score (nSPS) is 26.8. The van der Waals surface area contributed by atoms with Gasteiger partial charge in [-0.2, -0.15) is 13.2 Å². The van der Waals surface area contributed by atoms with Crippen LogP contribution in [0.4, 0.5) is 13.2 Å². The zero-order valence-corrected chi connectivity index (χ0v) is 22.8. The number of benzene rings is 1. The maximum absolute atomic E-state index is 13.9. The third kappa shape index (κ3) is 4.62. The summed E-state index contributed by atoms with van der Waals surface area (Å²) in [5, 5.41) is 44.8. The fourth-order valence-electron chi connectivity index (χ4n) is 6.33. The first kappa shape index (κ1) is 30.1. The Morgan fingerprint density at radius 2 is 1.90 bits per heavy atom. The van der Waals surface area contributed by atoms with Crippen molar-refractivity contribution in [3.8, 4) is 5.75 Å². The van der Waals surface area contributed by atoms with Crippen molar-refractivity contribution < 1.29 is 43.2 Å². The zero-order chi connectivity index (χ0) is 30.1. The fraction of sp³-hybridized carbons (Fsp3) is 0.500. The quantitative estimate of drug-likeness (QED) is 0.319. The molecular formula is C26H29BClF3N3O6. The van der Waals surface area contributed by atoms with Gasteiger partial charge in [0.2, 0.25) is 0 Å². The van der Waals surface area contributed by atoms with Crippen molar-refractivity contribution in [3.63, 3.8) is 0 Å². The molecule has 4 rings (SSSR count). The van der Waals surface area contributed by atoms with Crippen molar-refractivity contribution in [2.24, 2.45) is 17.6 Å². The standard InChI is InChI=1S/C26H29BClF3N3O6/c1-4-34(9-25(29,30)31)8-11-7-14(35)16-12(18(11)28)5-10-6-13-19(33(2)3)21(37)17(24(32)39)22(27)26(13,40)23(38)15(10)20(16)36/h7,10,13,19,35-37,40H,4-6,8-9H2,1-3H3,(H2,32,39)/t10-,13-,19-,26+/m0/s1. The summed E-state index contributed by atoms with van der Waals surface area (Å²) in [4.78, 5) is 28.6. The van der Waals surface area contributed by atoms with Crippen LogP contribution in [-0.4, -0.2) is 99.9 Å². The molecule has 0 heterocycles. The monoisotopic (exact) mass is 582 g/mol. The van der Waals surface area contributed by atoms with Crippen LogP contribution in [0.5, 0.6) is 5.75 Å². The van der Waals surface area contributed by atoms with Crippen LogP contribution in [0.3, 0.4) is 0 Å². The second kappa shape index (κ2) is 10.2. The molecule has 40 heavy (non-hydrogen) atoms. The molecule has 0 aromatic heterocycles. The van der Waals surface area contributed by atoms with Gasteiger partial charge in [-0.15, -0.1) is 0 Å². The average molecular weight is 583 g/mol. The van der Waals surface area contributed by atoms with Crippen LogP contribution in [0, 0.1) is 11.8 Å². The summed E-state index contributed by atoms with van der Waals surface area (Å²) < 4.78 is 39.1. The Labute approximate surface area is 234 Å². The molecule has 0 aliphatic heterocycles. The molecule has 215 valence electrons. The molecule has 0 saturated heterocycles. The molecular weight excluding hydrogens is 554 g/mol. The number of Topliss-reactive ketones (excluding diaryl/α,β-unsaturated/α-hetero) is 1. The van der Waals surface area contributed by atoms with Gasteiger partial charge in [0, 0.05) is 0 Å². The molecule has 1 fully saturated rings. The maximum atomic E-state index is 13.9. The summed E-state index contributed by atoms with van der Waals surface area (Å²) in [6.07, 6.45) is -4.48. The number of primary amides is 1. The van der Waals surface area contributed by atoms with E-state index in [-0.39, 0.29) is 53.2 Å². The number of phenols is 1. The first-order valence-electron chi connectivity index (χ1n) is 12.5. The number of hydrogen-bond acceptors (Lipinski definition) is 8. The van der Waals surface area contributed by atoms with Crippen molar-refractivity contribution >= 4 is 42.0 Å². The van der Waals surface area contributed by atoms with Crippen LogP contribution in [0.25, 0.3) is 5.76 Å². The first-order chi connectivity index (χ1) is 18.4. The van der Waals surface area contributed by atoms with E-state index in [2.05, 4.69) is 0 Å². The Balaban J connectivity index is 1.84. The molecule has 1 aromatic carbocycles. The van der Waals surface area contributed by atoms with E-state index < -0.39 is 76.2 Å². The summed E-state index contributed by atoms with van der Waals surface area (Å²) >= 11 is 6.63. The molecule has 9 nitrogen and oxygen atoms in total. The van der Waals surface area contributed by atoms with Gasteiger partial charge in [-0.3, -0.25) is 0 Å². The molecule has 0 unspecified atom stereocenters. The SMILES string of the molecule is [B]=C1C(C(N)=O)=C(O)[C@@H](N(C)C)[C@@H]2C[C@@H]3Cc4c(Cl)c(CN(CC)CC(F)(F)F)cc(O)c4C(O)=C3C(=O)[C@]12O.